The van der Waals surface area contributed by atoms with Gasteiger partial charge in [-0.15, -0.1) is 0 Å². The van der Waals surface area contributed by atoms with Gasteiger partial charge in [-0.1, -0.05) is 42.0 Å². The molecule has 0 saturated carbocycles. The zero-order chi connectivity index (χ0) is 19.8. The lowest BCUT2D eigenvalue weighted by molar-refractivity contribution is -0.121. The minimum Gasteiger partial charge on any atom is -0.497 e. The number of amides is 1. The third-order valence-electron chi connectivity index (χ3n) is 4.57. The van der Waals surface area contributed by atoms with Gasteiger partial charge in [0.05, 0.1) is 13.2 Å². The molecule has 0 fully saturated rings. The highest BCUT2D eigenvalue weighted by Gasteiger charge is 2.16. The number of rotatable bonds is 9. The molecule has 0 aliphatic heterocycles. The number of carbonyl (C=O) groups excluding carboxylic acids is 2. The van der Waals surface area contributed by atoms with Crippen molar-refractivity contribution in [2.45, 2.75) is 25.8 Å². The molecule has 1 amide bonds. The number of ketones is 1. The van der Waals surface area contributed by atoms with Crippen LogP contribution in [0.25, 0.3) is 0 Å². The Labute approximate surface area is 161 Å². The first-order valence-corrected chi connectivity index (χ1v) is 9.07. The normalized spacial score (nSPS) is 11.9. The van der Waals surface area contributed by atoms with Crippen molar-refractivity contribution in [2.24, 2.45) is 0 Å². The topological polar surface area (TPSA) is 58.6 Å². The van der Waals surface area contributed by atoms with E-state index in [-0.39, 0.29) is 30.6 Å². The molecular formula is C22H28N2O3. The van der Waals surface area contributed by atoms with E-state index in [2.05, 4.69) is 10.2 Å². The molecule has 144 valence electrons. The Morgan fingerprint density at radius 2 is 1.63 bits per heavy atom. The Balaban J connectivity index is 1.86. The second kappa shape index (κ2) is 9.88. The standard InChI is InChI=1S/C22H28N2O3/c1-16-5-7-18(8-6-16)21(25)13-14-22(26)23-15-20(24(2)3)17-9-11-19(27-4)12-10-17/h5-12,20H,13-15H2,1-4H3,(H,23,26). The molecule has 0 aliphatic rings. The summed E-state index contributed by atoms with van der Waals surface area (Å²) >= 11 is 0. The molecule has 5 heteroatoms. The van der Waals surface area contributed by atoms with Gasteiger partial charge in [0.1, 0.15) is 5.75 Å². The van der Waals surface area contributed by atoms with Crippen LogP contribution in [0, 0.1) is 6.92 Å². The number of aryl methyl sites for hydroxylation is 1. The van der Waals surface area contributed by atoms with Crippen molar-refractivity contribution in [3.63, 3.8) is 0 Å². The predicted molar refractivity (Wildman–Crippen MR) is 107 cm³/mol. The number of ether oxygens (including phenoxy) is 1. The molecule has 2 aromatic rings. The molecule has 1 unspecified atom stereocenters. The van der Waals surface area contributed by atoms with Gasteiger partial charge >= 0.3 is 0 Å². The van der Waals surface area contributed by atoms with E-state index in [1.54, 1.807) is 19.2 Å². The summed E-state index contributed by atoms with van der Waals surface area (Å²) in [7, 11) is 5.58. The Kier molecular flexibility index (Phi) is 7.55. The van der Waals surface area contributed by atoms with Gasteiger partial charge in [0.2, 0.25) is 5.91 Å². The Morgan fingerprint density at radius 1 is 1.00 bits per heavy atom. The highest BCUT2D eigenvalue weighted by molar-refractivity contribution is 5.97. The maximum absolute atomic E-state index is 12.2. The largest absolute Gasteiger partial charge is 0.497 e. The van der Waals surface area contributed by atoms with Crippen molar-refractivity contribution >= 4 is 11.7 Å². The number of hydrogen-bond donors (Lipinski definition) is 1. The van der Waals surface area contributed by atoms with Crippen LogP contribution < -0.4 is 10.1 Å². The smallest absolute Gasteiger partial charge is 0.220 e. The number of carbonyl (C=O) groups is 2. The SMILES string of the molecule is COc1ccc(C(CNC(=O)CCC(=O)c2ccc(C)cc2)N(C)C)cc1. The van der Waals surface area contributed by atoms with Gasteiger partial charge < -0.3 is 15.0 Å². The third-order valence-corrected chi connectivity index (χ3v) is 4.57. The first kappa shape index (κ1) is 20.6. The van der Waals surface area contributed by atoms with Crippen LogP contribution in [0.1, 0.15) is 40.4 Å². The number of likely N-dealkylation sites (N-methyl/N-ethyl adjacent to an activating group) is 1. The molecule has 0 aromatic heterocycles. The molecule has 0 saturated heterocycles. The molecule has 0 heterocycles. The van der Waals surface area contributed by atoms with Crippen molar-refractivity contribution in [3.05, 3.63) is 65.2 Å². The minimum atomic E-state index is -0.115. The monoisotopic (exact) mass is 368 g/mol. The first-order chi connectivity index (χ1) is 12.9. The van der Waals surface area contributed by atoms with Gasteiger partial charge in [-0.05, 0) is 38.7 Å². The number of hydrogen-bond acceptors (Lipinski definition) is 4. The molecule has 2 aromatic carbocycles. The van der Waals surface area contributed by atoms with Crippen LogP contribution in [0.15, 0.2) is 48.5 Å². The molecule has 0 bridgehead atoms. The van der Waals surface area contributed by atoms with E-state index in [1.165, 1.54) is 0 Å². The predicted octanol–water partition coefficient (Wildman–Crippen LogP) is 3.39. The summed E-state index contributed by atoms with van der Waals surface area (Å²) in [6, 6.07) is 15.3. The lowest BCUT2D eigenvalue weighted by Crippen LogP contribution is -2.34. The molecule has 5 nitrogen and oxygen atoms in total. The Hall–Kier alpha value is -2.66. The zero-order valence-corrected chi connectivity index (χ0v) is 16.5. The van der Waals surface area contributed by atoms with Crippen LogP contribution in [0.4, 0.5) is 0 Å². The minimum absolute atomic E-state index is 0.00976. The summed E-state index contributed by atoms with van der Waals surface area (Å²) in [6.07, 6.45) is 0.402. The zero-order valence-electron chi connectivity index (χ0n) is 16.5. The summed E-state index contributed by atoms with van der Waals surface area (Å²) in [5.41, 5.74) is 2.85. The van der Waals surface area contributed by atoms with Gasteiger partial charge in [-0.25, -0.2) is 0 Å². The van der Waals surface area contributed by atoms with Crippen molar-refractivity contribution < 1.29 is 14.3 Å². The van der Waals surface area contributed by atoms with Crippen molar-refractivity contribution in [3.8, 4) is 5.75 Å². The van der Waals surface area contributed by atoms with Crippen LogP contribution in [0.2, 0.25) is 0 Å². The van der Waals surface area contributed by atoms with Crippen molar-refractivity contribution in [1.29, 1.82) is 0 Å². The van der Waals surface area contributed by atoms with Crippen molar-refractivity contribution in [1.82, 2.24) is 10.2 Å². The fourth-order valence-electron chi connectivity index (χ4n) is 2.83. The number of methoxy groups -OCH3 is 1. The Bertz CT molecular complexity index is 752. The second-order valence-electron chi connectivity index (χ2n) is 6.85. The summed E-state index contributed by atoms with van der Waals surface area (Å²) in [4.78, 5) is 26.4. The third kappa shape index (κ3) is 6.22. The van der Waals surface area contributed by atoms with E-state index < -0.39 is 0 Å². The quantitative estimate of drug-likeness (QED) is 0.690. The molecule has 0 aliphatic carbocycles. The number of nitrogens with zero attached hydrogens (tertiary/aromatic N) is 1. The molecule has 1 atom stereocenters. The molecule has 0 radical (unpaired) electrons. The van der Waals surface area contributed by atoms with Gasteiger partial charge in [-0.2, -0.15) is 0 Å². The molecule has 0 spiro atoms. The summed E-state index contributed by atoms with van der Waals surface area (Å²) in [6.45, 7) is 2.46. The molecule has 1 N–H and O–H groups in total. The van der Waals surface area contributed by atoms with Crippen LogP contribution in [-0.2, 0) is 4.79 Å². The first-order valence-electron chi connectivity index (χ1n) is 9.07. The van der Waals surface area contributed by atoms with Crippen LogP contribution in [0.5, 0.6) is 5.75 Å². The number of benzene rings is 2. The second-order valence-corrected chi connectivity index (χ2v) is 6.85. The van der Waals surface area contributed by atoms with E-state index in [9.17, 15) is 9.59 Å². The van der Waals surface area contributed by atoms with E-state index in [4.69, 9.17) is 4.74 Å². The lowest BCUT2D eigenvalue weighted by atomic mass is 10.0. The fourth-order valence-corrected chi connectivity index (χ4v) is 2.83. The molecule has 2 rings (SSSR count). The van der Waals surface area contributed by atoms with Crippen molar-refractivity contribution in [2.75, 3.05) is 27.7 Å². The van der Waals surface area contributed by atoms with E-state index in [0.717, 1.165) is 16.9 Å². The highest BCUT2D eigenvalue weighted by Crippen LogP contribution is 2.20. The van der Waals surface area contributed by atoms with E-state index in [1.807, 2.05) is 57.4 Å². The van der Waals surface area contributed by atoms with Gasteiger partial charge in [0.25, 0.3) is 0 Å². The number of nitrogens with one attached hydrogen (secondary N) is 1. The maximum Gasteiger partial charge on any atom is 0.220 e. The summed E-state index contributed by atoms with van der Waals surface area (Å²) < 4.78 is 5.19. The average Bonchev–Trinajstić information content (AvgIpc) is 2.67. The summed E-state index contributed by atoms with van der Waals surface area (Å²) in [5, 5.41) is 2.94. The summed E-state index contributed by atoms with van der Waals surface area (Å²) in [5.74, 6) is 0.676. The van der Waals surface area contributed by atoms with Gasteiger partial charge in [0.15, 0.2) is 5.78 Å². The van der Waals surface area contributed by atoms with Gasteiger partial charge in [0, 0.05) is 24.9 Å². The van der Waals surface area contributed by atoms with E-state index >= 15 is 0 Å². The van der Waals surface area contributed by atoms with Crippen LogP contribution >= 0.6 is 0 Å². The van der Waals surface area contributed by atoms with Gasteiger partial charge in [-0.3, -0.25) is 9.59 Å². The average molecular weight is 368 g/mol. The molecular weight excluding hydrogens is 340 g/mol. The van der Waals surface area contributed by atoms with E-state index in [0.29, 0.717) is 12.1 Å². The lowest BCUT2D eigenvalue weighted by Gasteiger charge is -2.25. The number of Topliss-reactive ketones (excluding diaryl/α,β-unsaturated/α-hetero) is 1. The fraction of sp³-hybridized carbons (Fsp3) is 0.364. The Morgan fingerprint density at radius 3 is 2.19 bits per heavy atom. The van der Waals surface area contributed by atoms with Crippen LogP contribution in [0.3, 0.4) is 0 Å². The maximum atomic E-state index is 12.2. The van der Waals surface area contributed by atoms with Crippen LogP contribution in [-0.4, -0.2) is 44.3 Å². The highest BCUT2D eigenvalue weighted by atomic mass is 16.5. The molecule has 27 heavy (non-hydrogen) atoms.